The number of nitrogens with zero attached hydrogens (tertiary/aromatic N) is 3. The molecule has 2 aromatic heterocycles. The molecule has 2 heterocycles. The minimum Gasteiger partial charge on any atom is -0.392 e. The number of amides is 1. The van der Waals surface area contributed by atoms with Crippen molar-refractivity contribution in [2.75, 3.05) is 5.32 Å². The van der Waals surface area contributed by atoms with Crippen LogP contribution in [0, 0.1) is 6.92 Å². The first kappa shape index (κ1) is 14.9. The van der Waals surface area contributed by atoms with Crippen molar-refractivity contribution in [2.45, 2.75) is 13.5 Å². The van der Waals surface area contributed by atoms with Crippen LogP contribution in [-0.4, -0.2) is 25.8 Å². The van der Waals surface area contributed by atoms with Gasteiger partial charge in [-0.3, -0.25) is 9.78 Å². The van der Waals surface area contributed by atoms with Crippen molar-refractivity contribution in [3.63, 3.8) is 0 Å². The van der Waals surface area contributed by atoms with Crippen LogP contribution in [0.2, 0.25) is 0 Å². The SMILES string of the molecule is Cc1c(C(=O)Nc2cccc(CO)c2)cnn1-c1ccncc1. The molecule has 2 N–H and O–H groups in total. The second-order valence-corrected chi connectivity index (χ2v) is 5.07. The molecule has 0 aliphatic carbocycles. The molecule has 6 heteroatoms. The highest BCUT2D eigenvalue weighted by Gasteiger charge is 2.15. The summed E-state index contributed by atoms with van der Waals surface area (Å²) in [5, 5.41) is 16.2. The average molecular weight is 308 g/mol. The van der Waals surface area contributed by atoms with Crippen molar-refractivity contribution in [2.24, 2.45) is 0 Å². The number of nitrogens with one attached hydrogen (secondary N) is 1. The third-order valence-electron chi connectivity index (χ3n) is 3.53. The molecule has 0 unspecified atom stereocenters. The zero-order chi connectivity index (χ0) is 16.2. The number of hydrogen-bond donors (Lipinski definition) is 2. The highest BCUT2D eigenvalue weighted by molar-refractivity contribution is 6.05. The molecule has 23 heavy (non-hydrogen) atoms. The van der Waals surface area contributed by atoms with E-state index in [0.717, 1.165) is 16.9 Å². The summed E-state index contributed by atoms with van der Waals surface area (Å²) in [6.45, 7) is 1.77. The molecule has 0 atom stereocenters. The fourth-order valence-corrected chi connectivity index (χ4v) is 2.32. The highest BCUT2D eigenvalue weighted by Crippen LogP contribution is 2.16. The zero-order valence-electron chi connectivity index (χ0n) is 12.6. The van der Waals surface area contributed by atoms with Crippen molar-refractivity contribution in [1.29, 1.82) is 0 Å². The average Bonchev–Trinajstić information content (AvgIpc) is 2.97. The number of rotatable bonds is 4. The summed E-state index contributed by atoms with van der Waals surface area (Å²) < 4.78 is 1.70. The van der Waals surface area contributed by atoms with E-state index < -0.39 is 0 Å². The molecule has 1 amide bonds. The van der Waals surface area contributed by atoms with Gasteiger partial charge in [0, 0.05) is 18.1 Å². The number of aliphatic hydroxyl groups is 1. The number of carbonyl (C=O) groups excluding carboxylic acids is 1. The first-order valence-electron chi connectivity index (χ1n) is 7.15. The number of carbonyl (C=O) groups is 1. The predicted octanol–water partition coefficient (Wildman–Crippen LogP) is 2.32. The largest absolute Gasteiger partial charge is 0.392 e. The Labute approximate surface area is 133 Å². The van der Waals surface area contributed by atoms with Gasteiger partial charge < -0.3 is 10.4 Å². The van der Waals surface area contributed by atoms with Crippen LogP contribution in [0.3, 0.4) is 0 Å². The lowest BCUT2D eigenvalue weighted by Gasteiger charge is -2.07. The Morgan fingerprint density at radius 1 is 1.26 bits per heavy atom. The minimum absolute atomic E-state index is 0.0668. The molecule has 116 valence electrons. The molecule has 0 saturated carbocycles. The van der Waals surface area contributed by atoms with Crippen LogP contribution in [-0.2, 0) is 6.61 Å². The lowest BCUT2D eigenvalue weighted by atomic mass is 10.2. The van der Waals surface area contributed by atoms with E-state index in [4.69, 9.17) is 5.11 Å². The summed E-state index contributed by atoms with van der Waals surface area (Å²) in [7, 11) is 0. The van der Waals surface area contributed by atoms with Crippen LogP contribution in [0.5, 0.6) is 0 Å². The van der Waals surface area contributed by atoms with Crippen molar-refractivity contribution in [3.8, 4) is 5.69 Å². The Balaban J connectivity index is 1.84. The molecular formula is C17H16N4O2. The monoisotopic (exact) mass is 308 g/mol. The maximum absolute atomic E-state index is 12.4. The number of anilines is 1. The molecule has 3 aromatic rings. The van der Waals surface area contributed by atoms with Crippen LogP contribution < -0.4 is 5.32 Å². The van der Waals surface area contributed by atoms with Gasteiger partial charge in [-0.1, -0.05) is 12.1 Å². The highest BCUT2D eigenvalue weighted by atomic mass is 16.3. The van der Waals surface area contributed by atoms with E-state index in [0.29, 0.717) is 11.3 Å². The minimum atomic E-state index is -0.238. The Morgan fingerprint density at radius 2 is 2.04 bits per heavy atom. The molecule has 0 aliphatic rings. The summed E-state index contributed by atoms with van der Waals surface area (Å²) in [6.07, 6.45) is 4.90. The van der Waals surface area contributed by atoms with Crippen LogP contribution in [0.1, 0.15) is 21.6 Å². The molecule has 0 radical (unpaired) electrons. The number of benzene rings is 1. The molecule has 0 aliphatic heterocycles. The van der Waals surface area contributed by atoms with E-state index in [1.165, 1.54) is 0 Å². The van der Waals surface area contributed by atoms with Gasteiger partial charge in [0.15, 0.2) is 0 Å². The van der Waals surface area contributed by atoms with Crippen molar-refractivity contribution in [3.05, 3.63) is 71.8 Å². The van der Waals surface area contributed by atoms with Gasteiger partial charge in [-0.15, -0.1) is 0 Å². The molecule has 0 spiro atoms. The molecule has 0 fully saturated rings. The number of aliphatic hydroxyl groups excluding tert-OH is 1. The first-order chi connectivity index (χ1) is 11.2. The van der Waals surface area contributed by atoms with Crippen molar-refractivity contribution in [1.82, 2.24) is 14.8 Å². The van der Waals surface area contributed by atoms with Crippen LogP contribution in [0.25, 0.3) is 5.69 Å². The van der Waals surface area contributed by atoms with Gasteiger partial charge in [-0.2, -0.15) is 5.10 Å². The number of hydrogen-bond acceptors (Lipinski definition) is 4. The summed E-state index contributed by atoms with van der Waals surface area (Å²) in [4.78, 5) is 16.4. The normalized spacial score (nSPS) is 10.5. The second kappa shape index (κ2) is 6.41. The molecule has 0 bridgehead atoms. The standard InChI is InChI=1S/C17H16N4O2/c1-12-16(10-19-21(12)15-5-7-18-8-6-15)17(23)20-14-4-2-3-13(9-14)11-22/h2-10,22H,11H2,1H3,(H,20,23). The molecule has 3 rings (SSSR count). The Bertz CT molecular complexity index is 828. The smallest absolute Gasteiger partial charge is 0.259 e. The van der Waals surface area contributed by atoms with E-state index in [1.807, 2.05) is 19.1 Å². The van der Waals surface area contributed by atoms with E-state index in [-0.39, 0.29) is 12.5 Å². The fourth-order valence-electron chi connectivity index (χ4n) is 2.32. The van der Waals surface area contributed by atoms with Gasteiger partial charge >= 0.3 is 0 Å². The summed E-state index contributed by atoms with van der Waals surface area (Å²) >= 11 is 0. The Kier molecular flexibility index (Phi) is 4.16. The van der Waals surface area contributed by atoms with Gasteiger partial charge in [0.25, 0.3) is 5.91 Å². The maximum Gasteiger partial charge on any atom is 0.259 e. The number of aromatic nitrogens is 3. The molecule has 6 nitrogen and oxygen atoms in total. The summed E-state index contributed by atoms with van der Waals surface area (Å²) in [5.74, 6) is -0.238. The van der Waals surface area contributed by atoms with E-state index in [1.54, 1.807) is 47.5 Å². The third-order valence-corrected chi connectivity index (χ3v) is 3.53. The molecular weight excluding hydrogens is 292 g/mol. The Hall–Kier alpha value is -2.99. The zero-order valence-corrected chi connectivity index (χ0v) is 12.6. The third kappa shape index (κ3) is 3.12. The van der Waals surface area contributed by atoms with Crippen LogP contribution in [0.15, 0.2) is 55.0 Å². The van der Waals surface area contributed by atoms with E-state index in [9.17, 15) is 4.79 Å². The summed E-state index contributed by atoms with van der Waals surface area (Å²) in [6, 6.07) is 10.7. The van der Waals surface area contributed by atoms with E-state index in [2.05, 4.69) is 15.4 Å². The van der Waals surface area contributed by atoms with Crippen LogP contribution in [0.4, 0.5) is 5.69 Å². The van der Waals surface area contributed by atoms with E-state index >= 15 is 0 Å². The lowest BCUT2D eigenvalue weighted by Crippen LogP contribution is -2.13. The van der Waals surface area contributed by atoms with Crippen molar-refractivity contribution < 1.29 is 9.90 Å². The fraction of sp³-hybridized carbons (Fsp3) is 0.118. The molecule has 1 aromatic carbocycles. The van der Waals surface area contributed by atoms with Gasteiger partial charge in [0.2, 0.25) is 0 Å². The topological polar surface area (TPSA) is 80.0 Å². The number of pyridine rings is 1. The van der Waals surface area contributed by atoms with Gasteiger partial charge in [-0.25, -0.2) is 4.68 Å². The van der Waals surface area contributed by atoms with Gasteiger partial charge in [0.1, 0.15) is 0 Å². The van der Waals surface area contributed by atoms with Gasteiger partial charge in [0.05, 0.1) is 29.7 Å². The van der Waals surface area contributed by atoms with Gasteiger partial charge in [-0.05, 0) is 36.8 Å². The maximum atomic E-state index is 12.4. The summed E-state index contributed by atoms with van der Waals surface area (Å²) in [5.41, 5.74) is 3.46. The molecule has 0 saturated heterocycles. The van der Waals surface area contributed by atoms with Crippen LogP contribution >= 0.6 is 0 Å². The predicted molar refractivity (Wildman–Crippen MR) is 86.4 cm³/mol. The Morgan fingerprint density at radius 3 is 2.78 bits per heavy atom. The van der Waals surface area contributed by atoms with Crippen molar-refractivity contribution >= 4 is 11.6 Å². The lowest BCUT2D eigenvalue weighted by molar-refractivity contribution is 0.102. The first-order valence-corrected chi connectivity index (χ1v) is 7.15. The quantitative estimate of drug-likeness (QED) is 0.775. The second-order valence-electron chi connectivity index (χ2n) is 5.07.